The summed E-state index contributed by atoms with van der Waals surface area (Å²) >= 11 is 0. The summed E-state index contributed by atoms with van der Waals surface area (Å²) in [5.41, 5.74) is 1.22. The van der Waals surface area contributed by atoms with E-state index < -0.39 is 0 Å². The van der Waals surface area contributed by atoms with Crippen LogP contribution in [-0.2, 0) is 0 Å². The molecule has 0 saturated carbocycles. The van der Waals surface area contributed by atoms with Gasteiger partial charge in [-0.15, -0.1) is 0 Å². The maximum Gasteiger partial charge on any atom is 0.138 e. The van der Waals surface area contributed by atoms with Gasteiger partial charge in [-0.1, -0.05) is 18.2 Å². The van der Waals surface area contributed by atoms with Crippen LogP contribution in [0.25, 0.3) is 11.1 Å². The van der Waals surface area contributed by atoms with Crippen molar-refractivity contribution in [2.75, 3.05) is 13.2 Å². The van der Waals surface area contributed by atoms with Crippen LogP contribution in [0.1, 0.15) is 13.8 Å². The van der Waals surface area contributed by atoms with E-state index in [-0.39, 0.29) is 5.82 Å². The minimum absolute atomic E-state index is 0.376. The van der Waals surface area contributed by atoms with Gasteiger partial charge in [0.1, 0.15) is 17.3 Å². The van der Waals surface area contributed by atoms with E-state index in [9.17, 15) is 4.39 Å². The highest BCUT2D eigenvalue weighted by molar-refractivity contribution is 5.67. The maximum absolute atomic E-state index is 13.8. The van der Waals surface area contributed by atoms with Crippen molar-refractivity contribution in [2.24, 2.45) is 0 Å². The Morgan fingerprint density at radius 3 is 2.21 bits per heavy atom. The molecule has 2 nitrogen and oxygen atoms in total. The van der Waals surface area contributed by atoms with Crippen LogP contribution < -0.4 is 9.47 Å². The molecule has 0 heterocycles. The van der Waals surface area contributed by atoms with Gasteiger partial charge in [0.25, 0.3) is 0 Å². The molecule has 0 amide bonds. The number of benzene rings is 2. The van der Waals surface area contributed by atoms with Crippen molar-refractivity contribution in [1.82, 2.24) is 0 Å². The first-order valence-electron chi connectivity index (χ1n) is 6.31. The van der Waals surface area contributed by atoms with Crippen LogP contribution in [0.15, 0.2) is 36.4 Å². The van der Waals surface area contributed by atoms with Crippen LogP contribution >= 0.6 is 0 Å². The molecule has 99 valence electrons. The van der Waals surface area contributed by atoms with E-state index in [4.69, 9.17) is 9.47 Å². The van der Waals surface area contributed by atoms with Gasteiger partial charge in [0.2, 0.25) is 0 Å². The van der Waals surface area contributed by atoms with E-state index in [1.807, 2.05) is 13.8 Å². The summed E-state index contributed by atoms with van der Waals surface area (Å²) in [5, 5.41) is 0. The maximum atomic E-state index is 13.8. The van der Waals surface area contributed by atoms with Gasteiger partial charge >= 0.3 is 0 Å². The molecule has 0 aliphatic rings. The first-order valence-corrected chi connectivity index (χ1v) is 6.31. The predicted octanol–water partition coefficient (Wildman–Crippen LogP) is 4.09. The average molecular weight is 259 g/mol. The second kappa shape index (κ2) is 6.23. The van der Waals surface area contributed by atoms with Gasteiger partial charge in [-0.25, -0.2) is 4.39 Å². The smallest absolute Gasteiger partial charge is 0.138 e. The lowest BCUT2D eigenvalue weighted by molar-refractivity contribution is 0.323. The van der Waals surface area contributed by atoms with E-state index in [0.29, 0.717) is 30.3 Å². The summed E-state index contributed by atoms with van der Waals surface area (Å²) in [6.07, 6.45) is 0. The van der Waals surface area contributed by atoms with Gasteiger partial charge in [0, 0.05) is 17.7 Å². The number of rotatable bonds is 5. The van der Waals surface area contributed by atoms with Crippen molar-refractivity contribution < 1.29 is 13.9 Å². The highest BCUT2D eigenvalue weighted by Gasteiger charge is 2.08. The Kier molecular flexibility index (Phi) is 4.39. The molecule has 0 fully saturated rings. The molecule has 0 spiro atoms. The first-order chi connectivity index (χ1) is 9.24. The SMILES string of the molecule is CCOc1cc(OCC)cc(-c2ccc[c]c2F)c1. The van der Waals surface area contributed by atoms with Crippen LogP contribution in [-0.4, -0.2) is 13.2 Å². The third-order valence-corrected chi connectivity index (χ3v) is 2.62. The quantitative estimate of drug-likeness (QED) is 0.805. The van der Waals surface area contributed by atoms with Gasteiger partial charge in [-0.05, 0) is 31.5 Å². The van der Waals surface area contributed by atoms with E-state index in [1.54, 1.807) is 36.4 Å². The Labute approximate surface area is 112 Å². The number of halogens is 1. The van der Waals surface area contributed by atoms with Gasteiger partial charge in [-0.3, -0.25) is 0 Å². The largest absolute Gasteiger partial charge is 0.494 e. The summed E-state index contributed by atoms with van der Waals surface area (Å²) in [7, 11) is 0. The van der Waals surface area contributed by atoms with Gasteiger partial charge < -0.3 is 9.47 Å². The molecule has 0 bridgehead atoms. The van der Waals surface area contributed by atoms with Crippen LogP contribution in [0.2, 0.25) is 0 Å². The fourth-order valence-electron chi connectivity index (χ4n) is 1.87. The molecule has 0 aliphatic carbocycles. The minimum Gasteiger partial charge on any atom is -0.494 e. The first kappa shape index (κ1) is 13.4. The van der Waals surface area contributed by atoms with E-state index in [0.717, 1.165) is 5.56 Å². The lowest BCUT2D eigenvalue weighted by Crippen LogP contribution is -1.96. The lowest BCUT2D eigenvalue weighted by atomic mass is 10.0. The Balaban J connectivity index is 2.46. The van der Waals surface area contributed by atoms with Gasteiger partial charge in [0.15, 0.2) is 0 Å². The van der Waals surface area contributed by atoms with Gasteiger partial charge in [0.05, 0.1) is 13.2 Å². The molecule has 0 aliphatic heterocycles. The standard InChI is InChI=1S/C16H16FO2/c1-3-18-13-9-12(10-14(11-13)19-4-2)15-7-5-6-8-16(15)17/h5-7,9-11H,3-4H2,1-2H3. The van der Waals surface area contributed by atoms with Crippen LogP contribution in [0, 0.1) is 11.9 Å². The summed E-state index contributed by atoms with van der Waals surface area (Å²) in [5.74, 6) is 0.969. The van der Waals surface area contributed by atoms with E-state index in [2.05, 4.69) is 6.07 Å². The molecule has 0 unspecified atom stereocenters. The highest BCUT2D eigenvalue weighted by atomic mass is 19.1. The molecular weight excluding hydrogens is 243 g/mol. The van der Waals surface area contributed by atoms with Crippen LogP contribution in [0.3, 0.4) is 0 Å². The van der Waals surface area contributed by atoms with Crippen LogP contribution in [0.4, 0.5) is 4.39 Å². The number of ether oxygens (including phenoxy) is 2. The number of hydrogen-bond donors (Lipinski definition) is 0. The molecule has 0 N–H and O–H groups in total. The van der Waals surface area contributed by atoms with E-state index in [1.165, 1.54) is 0 Å². The summed E-state index contributed by atoms with van der Waals surface area (Å²) in [4.78, 5) is 0. The third kappa shape index (κ3) is 3.25. The summed E-state index contributed by atoms with van der Waals surface area (Å²) < 4.78 is 24.7. The fraction of sp³-hybridized carbons (Fsp3) is 0.250. The topological polar surface area (TPSA) is 18.5 Å². The zero-order valence-corrected chi connectivity index (χ0v) is 11.1. The van der Waals surface area contributed by atoms with Crippen molar-refractivity contribution in [2.45, 2.75) is 13.8 Å². The van der Waals surface area contributed by atoms with Crippen molar-refractivity contribution in [3.8, 4) is 22.6 Å². The Morgan fingerprint density at radius 2 is 1.68 bits per heavy atom. The molecule has 0 aromatic heterocycles. The Morgan fingerprint density at radius 1 is 1.05 bits per heavy atom. The molecule has 1 radical (unpaired) electrons. The minimum atomic E-state index is -0.376. The fourth-order valence-corrected chi connectivity index (χ4v) is 1.87. The molecule has 2 rings (SSSR count). The Hall–Kier alpha value is -2.03. The molecular formula is C16H16FO2. The van der Waals surface area contributed by atoms with Crippen LogP contribution in [0.5, 0.6) is 11.5 Å². The monoisotopic (exact) mass is 259 g/mol. The third-order valence-electron chi connectivity index (χ3n) is 2.62. The Bertz CT molecular complexity index is 528. The van der Waals surface area contributed by atoms with Crippen molar-refractivity contribution >= 4 is 0 Å². The van der Waals surface area contributed by atoms with Crippen molar-refractivity contribution in [3.05, 3.63) is 48.3 Å². The summed E-state index contributed by atoms with van der Waals surface area (Å²) in [6.45, 7) is 4.92. The summed E-state index contributed by atoms with van der Waals surface area (Å²) in [6, 6.07) is 13.0. The average Bonchev–Trinajstić information content (AvgIpc) is 2.40. The molecule has 3 heteroatoms. The molecule has 19 heavy (non-hydrogen) atoms. The molecule has 2 aromatic rings. The molecule has 0 saturated heterocycles. The second-order valence-corrected chi connectivity index (χ2v) is 3.96. The zero-order valence-electron chi connectivity index (χ0n) is 11.1. The van der Waals surface area contributed by atoms with Crippen molar-refractivity contribution in [1.29, 1.82) is 0 Å². The second-order valence-electron chi connectivity index (χ2n) is 3.96. The highest BCUT2D eigenvalue weighted by Crippen LogP contribution is 2.31. The van der Waals surface area contributed by atoms with Crippen molar-refractivity contribution in [3.63, 3.8) is 0 Å². The zero-order chi connectivity index (χ0) is 13.7. The molecule has 2 aromatic carbocycles. The normalized spacial score (nSPS) is 10.3. The lowest BCUT2D eigenvalue weighted by Gasteiger charge is -2.11. The number of hydrogen-bond acceptors (Lipinski definition) is 2. The van der Waals surface area contributed by atoms with E-state index >= 15 is 0 Å². The molecule has 0 atom stereocenters. The van der Waals surface area contributed by atoms with Gasteiger partial charge in [-0.2, -0.15) is 0 Å². The predicted molar refractivity (Wildman–Crippen MR) is 73.0 cm³/mol.